The quantitative estimate of drug-likeness (QED) is 0.470. The van der Waals surface area contributed by atoms with Crippen LogP contribution in [0.1, 0.15) is 30.4 Å². The zero-order chi connectivity index (χ0) is 15.1. The molecule has 1 aromatic carbocycles. The Balaban J connectivity index is 1.93. The van der Waals surface area contributed by atoms with E-state index >= 15 is 0 Å². The highest BCUT2D eigenvalue weighted by molar-refractivity contribution is 5.78. The monoisotopic (exact) mass is 291 g/mol. The van der Waals surface area contributed by atoms with Crippen molar-refractivity contribution >= 4 is 5.91 Å². The fourth-order valence-corrected chi connectivity index (χ4v) is 2.76. The van der Waals surface area contributed by atoms with Gasteiger partial charge in [-0.15, -0.1) is 0 Å². The van der Waals surface area contributed by atoms with Crippen LogP contribution in [-0.2, 0) is 22.5 Å². The minimum Gasteiger partial charge on any atom is -0.377 e. The lowest BCUT2D eigenvalue weighted by molar-refractivity contribution is -0.120. The van der Waals surface area contributed by atoms with Crippen molar-refractivity contribution < 1.29 is 9.53 Å². The van der Waals surface area contributed by atoms with Crippen LogP contribution in [0.2, 0.25) is 0 Å². The Bertz CT molecular complexity index is 459. The Hall–Kier alpha value is -1.43. The van der Waals surface area contributed by atoms with Crippen molar-refractivity contribution in [2.75, 3.05) is 20.2 Å². The molecule has 0 spiro atoms. The highest BCUT2D eigenvalue weighted by Crippen LogP contribution is 2.16. The molecular weight excluding hydrogens is 266 g/mol. The Morgan fingerprint density at radius 1 is 1.38 bits per heavy atom. The molecule has 1 heterocycles. The van der Waals surface area contributed by atoms with Gasteiger partial charge < -0.3 is 4.74 Å². The van der Waals surface area contributed by atoms with E-state index in [-0.39, 0.29) is 5.91 Å². The third-order valence-electron chi connectivity index (χ3n) is 3.86. The normalized spacial score (nSPS) is 18.7. The molecule has 0 aliphatic carbocycles. The molecular formula is C16H25N3O2. The molecule has 0 saturated carbocycles. The number of amides is 1. The third kappa shape index (κ3) is 5.12. The number of nitrogens with two attached hydrogens (primary N) is 1. The summed E-state index contributed by atoms with van der Waals surface area (Å²) < 4.78 is 5.78. The van der Waals surface area contributed by atoms with Crippen LogP contribution in [0.4, 0.5) is 0 Å². The van der Waals surface area contributed by atoms with Crippen LogP contribution >= 0.6 is 0 Å². The number of rotatable bonds is 6. The molecule has 3 N–H and O–H groups in total. The topological polar surface area (TPSA) is 67.6 Å². The van der Waals surface area contributed by atoms with Crippen LogP contribution < -0.4 is 11.3 Å². The average Bonchev–Trinajstić information content (AvgIpc) is 2.50. The van der Waals surface area contributed by atoms with Crippen LogP contribution in [-0.4, -0.2) is 37.1 Å². The van der Waals surface area contributed by atoms with E-state index < -0.39 is 0 Å². The van der Waals surface area contributed by atoms with Crippen molar-refractivity contribution in [1.82, 2.24) is 10.3 Å². The van der Waals surface area contributed by atoms with E-state index in [2.05, 4.69) is 23.4 Å². The lowest BCUT2D eigenvalue weighted by Gasteiger charge is -2.27. The van der Waals surface area contributed by atoms with Gasteiger partial charge in [0.05, 0.1) is 12.5 Å². The highest BCUT2D eigenvalue weighted by Gasteiger charge is 2.16. The molecule has 0 radical (unpaired) electrons. The highest BCUT2D eigenvalue weighted by atomic mass is 16.5. The average molecular weight is 291 g/mol. The second-order valence-corrected chi connectivity index (χ2v) is 5.70. The molecule has 1 saturated heterocycles. The Morgan fingerprint density at radius 2 is 2.14 bits per heavy atom. The van der Waals surface area contributed by atoms with E-state index in [0.717, 1.165) is 31.7 Å². The van der Waals surface area contributed by atoms with Crippen molar-refractivity contribution in [3.8, 4) is 0 Å². The molecule has 2 rings (SSSR count). The van der Waals surface area contributed by atoms with Gasteiger partial charge in [-0.1, -0.05) is 24.3 Å². The number of likely N-dealkylation sites (N-methyl/N-ethyl adjacent to an activating group) is 1. The van der Waals surface area contributed by atoms with E-state index in [1.165, 1.54) is 18.4 Å². The molecule has 21 heavy (non-hydrogen) atoms. The molecule has 0 bridgehead atoms. The van der Waals surface area contributed by atoms with Gasteiger partial charge in [0.25, 0.3) is 0 Å². The third-order valence-corrected chi connectivity index (χ3v) is 3.86. The second kappa shape index (κ2) is 8.12. The summed E-state index contributed by atoms with van der Waals surface area (Å²) in [7, 11) is 2.09. The molecule has 5 heteroatoms. The van der Waals surface area contributed by atoms with Crippen LogP contribution in [0, 0.1) is 0 Å². The first-order chi connectivity index (χ1) is 10.2. The molecule has 1 unspecified atom stereocenters. The van der Waals surface area contributed by atoms with Gasteiger partial charge in [-0.3, -0.25) is 15.1 Å². The van der Waals surface area contributed by atoms with Gasteiger partial charge in [-0.05, 0) is 37.4 Å². The number of carbonyl (C=O) groups excluding carboxylic acids is 1. The molecule has 0 aromatic heterocycles. The Kier molecular flexibility index (Phi) is 6.17. The Labute approximate surface area is 126 Å². The van der Waals surface area contributed by atoms with Crippen molar-refractivity contribution in [2.24, 2.45) is 5.84 Å². The standard InChI is InChI=1S/C16H25N3O2/c1-19(12-15-8-4-5-9-21-15)11-14-7-3-2-6-13(14)10-16(20)18-17/h2-3,6-7,15H,4-5,8-12,17H2,1H3,(H,18,20). The molecule has 116 valence electrons. The number of nitrogens with zero attached hydrogens (tertiary/aromatic N) is 1. The second-order valence-electron chi connectivity index (χ2n) is 5.70. The molecule has 1 aromatic rings. The largest absolute Gasteiger partial charge is 0.377 e. The molecule has 5 nitrogen and oxygen atoms in total. The fourth-order valence-electron chi connectivity index (χ4n) is 2.76. The van der Waals surface area contributed by atoms with Crippen LogP contribution in [0.5, 0.6) is 0 Å². The van der Waals surface area contributed by atoms with E-state index in [1.807, 2.05) is 18.2 Å². The van der Waals surface area contributed by atoms with Gasteiger partial charge in [-0.2, -0.15) is 0 Å². The SMILES string of the molecule is CN(Cc1ccccc1CC(=O)NN)CC1CCCCO1. The minimum absolute atomic E-state index is 0.166. The zero-order valence-corrected chi connectivity index (χ0v) is 12.7. The molecule has 1 atom stereocenters. The van der Waals surface area contributed by atoms with E-state index in [4.69, 9.17) is 10.6 Å². The summed E-state index contributed by atoms with van der Waals surface area (Å²) in [6, 6.07) is 8.00. The summed E-state index contributed by atoms with van der Waals surface area (Å²) in [5, 5.41) is 0. The van der Waals surface area contributed by atoms with Gasteiger partial charge in [0.15, 0.2) is 0 Å². The summed E-state index contributed by atoms with van der Waals surface area (Å²) in [5.74, 6) is 5.00. The number of hydrazine groups is 1. The maximum atomic E-state index is 11.5. The molecule has 1 aliphatic heterocycles. The number of ether oxygens (including phenoxy) is 1. The lowest BCUT2D eigenvalue weighted by Crippen LogP contribution is -2.34. The van der Waals surface area contributed by atoms with Crippen LogP contribution in [0.3, 0.4) is 0 Å². The number of benzene rings is 1. The number of hydrogen-bond acceptors (Lipinski definition) is 4. The molecule has 1 aliphatic rings. The summed E-state index contributed by atoms with van der Waals surface area (Å²) >= 11 is 0. The van der Waals surface area contributed by atoms with Gasteiger partial charge in [0.1, 0.15) is 0 Å². The summed E-state index contributed by atoms with van der Waals surface area (Å²) in [5.41, 5.74) is 4.38. The van der Waals surface area contributed by atoms with Gasteiger partial charge >= 0.3 is 0 Å². The fraction of sp³-hybridized carbons (Fsp3) is 0.562. The lowest BCUT2D eigenvalue weighted by atomic mass is 10.0. The zero-order valence-electron chi connectivity index (χ0n) is 12.7. The number of hydrogen-bond donors (Lipinski definition) is 2. The van der Waals surface area contributed by atoms with E-state index in [1.54, 1.807) is 0 Å². The molecule has 1 fully saturated rings. The predicted octanol–water partition coefficient (Wildman–Crippen LogP) is 1.22. The summed E-state index contributed by atoms with van der Waals surface area (Å²) in [6.45, 7) is 2.62. The first-order valence-electron chi connectivity index (χ1n) is 7.55. The summed E-state index contributed by atoms with van der Waals surface area (Å²) in [4.78, 5) is 13.7. The van der Waals surface area contributed by atoms with Gasteiger partial charge in [0, 0.05) is 19.7 Å². The minimum atomic E-state index is -0.166. The smallest absolute Gasteiger partial charge is 0.238 e. The Morgan fingerprint density at radius 3 is 2.81 bits per heavy atom. The van der Waals surface area contributed by atoms with Gasteiger partial charge in [0.2, 0.25) is 5.91 Å². The molecule has 1 amide bonds. The first kappa shape index (κ1) is 15.9. The summed E-state index contributed by atoms with van der Waals surface area (Å²) in [6.07, 6.45) is 4.23. The number of carbonyl (C=O) groups is 1. The maximum absolute atomic E-state index is 11.5. The van der Waals surface area contributed by atoms with Crippen LogP contribution in [0.25, 0.3) is 0 Å². The van der Waals surface area contributed by atoms with E-state index in [9.17, 15) is 4.79 Å². The van der Waals surface area contributed by atoms with Crippen molar-refractivity contribution in [1.29, 1.82) is 0 Å². The van der Waals surface area contributed by atoms with E-state index in [0.29, 0.717) is 12.5 Å². The van der Waals surface area contributed by atoms with Crippen LogP contribution in [0.15, 0.2) is 24.3 Å². The van der Waals surface area contributed by atoms with Crippen molar-refractivity contribution in [2.45, 2.75) is 38.3 Å². The van der Waals surface area contributed by atoms with Gasteiger partial charge in [-0.25, -0.2) is 5.84 Å². The predicted molar refractivity (Wildman–Crippen MR) is 82.4 cm³/mol. The number of nitrogens with one attached hydrogen (secondary N) is 1. The van der Waals surface area contributed by atoms with Crippen molar-refractivity contribution in [3.63, 3.8) is 0 Å². The first-order valence-corrected chi connectivity index (χ1v) is 7.55. The van der Waals surface area contributed by atoms with Crippen molar-refractivity contribution in [3.05, 3.63) is 35.4 Å². The maximum Gasteiger partial charge on any atom is 0.238 e.